The maximum atomic E-state index is 13.2. The molecule has 2 aliphatic carbocycles. The molecular weight excluding hydrogens is 472 g/mol. The fourth-order valence-electron chi connectivity index (χ4n) is 6.17. The largest absolute Gasteiger partial charge is 0.454 e. The summed E-state index contributed by atoms with van der Waals surface area (Å²) in [5, 5.41) is 50.9. The molecule has 3 fully saturated rings. The number of ether oxygens (including phenoxy) is 3. The Morgan fingerprint density at radius 3 is 2.64 bits per heavy atom. The molecule has 0 aromatic rings. The molecule has 36 heavy (non-hydrogen) atoms. The molecule has 9 unspecified atom stereocenters. The minimum Gasteiger partial charge on any atom is -0.454 e. The summed E-state index contributed by atoms with van der Waals surface area (Å²) in [5.74, 6) is -1.55. The first-order chi connectivity index (χ1) is 16.9. The molecule has 200 valence electrons. The topological polar surface area (TPSA) is 163 Å². The van der Waals surface area contributed by atoms with Gasteiger partial charge in [0.05, 0.1) is 12.2 Å². The summed E-state index contributed by atoms with van der Waals surface area (Å²) in [6.07, 6.45) is 1.88. The van der Waals surface area contributed by atoms with Crippen LogP contribution in [0.15, 0.2) is 35.5 Å². The van der Waals surface area contributed by atoms with Crippen molar-refractivity contribution in [3.05, 3.63) is 35.5 Å². The van der Waals surface area contributed by atoms with Crippen LogP contribution in [-0.2, 0) is 23.8 Å². The van der Waals surface area contributed by atoms with Crippen LogP contribution in [0.5, 0.6) is 0 Å². The van der Waals surface area contributed by atoms with Crippen LogP contribution in [0.4, 0.5) is 0 Å². The Hall–Kier alpha value is -2.08. The van der Waals surface area contributed by atoms with E-state index in [0.717, 1.165) is 5.57 Å². The fourth-order valence-corrected chi connectivity index (χ4v) is 6.17. The minimum atomic E-state index is -1.70. The molecule has 2 heterocycles. The lowest BCUT2D eigenvalue weighted by Gasteiger charge is -2.52. The average molecular weight is 509 g/mol. The van der Waals surface area contributed by atoms with Crippen molar-refractivity contribution in [2.75, 3.05) is 6.61 Å². The van der Waals surface area contributed by atoms with Crippen LogP contribution in [-0.4, -0.2) is 86.0 Å². The molecule has 0 radical (unpaired) electrons. The molecule has 1 saturated carbocycles. The van der Waals surface area contributed by atoms with Crippen molar-refractivity contribution in [2.45, 2.75) is 94.8 Å². The number of allylic oxidation sites excluding steroid dienone is 4. The van der Waals surface area contributed by atoms with Gasteiger partial charge in [-0.1, -0.05) is 23.8 Å². The van der Waals surface area contributed by atoms with E-state index >= 15 is 0 Å². The third kappa shape index (κ3) is 4.23. The highest BCUT2D eigenvalue weighted by Gasteiger charge is 2.71. The Bertz CT molecular complexity index is 985. The second kappa shape index (κ2) is 9.66. The smallest absolute Gasteiger partial charge is 0.336 e. The molecular formula is C26H36O10. The summed E-state index contributed by atoms with van der Waals surface area (Å²) < 4.78 is 16.2. The third-order valence-corrected chi connectivity index (χ3v) is 8.53. The van der Waals surface area contributed by atoms with Crippen molar-refractivity contribution in [2.24, 2.45) is 11.3 Å². The van der Waals surface area contributed by atoms with Gasteiger partial charge in [-0.2, -0.15) is 0 Å². The van der Waals surface area contributed by atoms with E-state index in [0.29, 0.717) is 32.1 Å². The first-order valence-electron chi connectivity index (χ1n) is 12.4. The fraction of sp³-hybridized carbons (Fsp3) is 0.692. The van der Waals surface area contributed by atoms with Gasteiger partial charge in [-0.25, -0.2) is 4.79 Å². The number of esters is 2. The monoisotopic (exact) mass is 508 g/mol. The summed E-state index contributed by atoms with van der Waals surface area (Å²) in [7, 11) is 0. The number of cyclic esters (lactones) is 1. The van der Waals surface area contributed by atoms with E-state index in [1.54, 1.807) is 19.1 Å². The zero-order valence-electron chi connectivity index (χ0n) is 20.8. The van der Waals surface area contributed by atoms with E-state index in [-0.39, 0.29) is 11.5 Å². The highest BCUT2D eigenvalue weighted by Crippen LogP contribution is 2.63. The molecule has 5 N–H and O–H groups in total. The Morgan fingerprint density at radius 2 is 1.94 bits per heavy atom. The van der Waals surface area contributed by atoms with Crippen molar-refractivity contribution in [3.63, 3.8) is 0 Å². The molecule has 4 aliphatic rings. The quantitative estimate of drug-likeness (QED) is 0.152. The number of carbonyl (C=O) groups excluding carboxylic acids is 2. The van der Waals surface area contributed by atoms with Crippen LogP contribution in [0.3, 0.4) is 0 Å². The van der Waals surface area contributed by atoms with Gasteiger partial charge in [-0.3, -0.25) is 4.79 Å². The third-order valence-electron chi connectivity index (χ3n) is 8.53. The Balaban J connectivity index is 1.47. The van der Waals surface area contributed by atoms with Gasteiger partial charge in [0.15, 0.2) is 0 Å². The van der Waals surface area contributed by atoms with Crippen molar-refractivity contribution in [3.8, 4) is 0 Å². The summed E-state index contributed by atoms with van der Waals surface area (Å²) in [6, 6.07) is 0. The molecule has 0 amide bonds. The lowest BCUT2D eigenvalue weighted by atomic mass is 9.62. The number of carbonyl (C=O) groups is 2. The van der Waals surface area contributed by atoms with Crippen LogP contribution in [0.1, 0.15) is 52.9 Å². The van der Waals surface area contributed by atoms with Crippen LogP contribution in [0.2, 0.25) is 0 Å². The summed E-state index contributed by atoms with van der Waals surface area (Å²) in [6.45, 7) is 4.60. The maximum absolute atomic E-state index is 13.2. The van der Waals surface area contributed by atoms with E-state index in [4.69, 9.17) is 14.2 Å². The lowest BCUT2D eigenvalue weighted by Crippen LogP contribution is -2.63. The zero-order chi connectivity index (χ0) is 26.5. The van der Waals surface area contributed by atoms with Gasteiger partial charge >= 0.3 is 11.9 Å². The standard InChI is InChI=1S/C26H36O10/c1-14-6-10-25-11-8-17(26(25,33)12-7-14)24(3,36-23(25)32)9-4-5-15(2)21(31)35-22-20(30)19(29)18(28)16(13-27)34-22/h4-6,9,16-20,22,27-30,33H,7-8,10-13H2,1-3H3. The number of rotatable bonds is 5. The molecule has 4 rings (SSSR count). The summed E-state index contributed by atoms with van der Waals surface area (Å²) in [5.41, 5.74) is -1.90. The Labute approximate surface area is 209 Å². The molecule has 9 atom stereocenters. The summed E-state index contributed by atoms with van der Waals surface area (Å²) in [4.78, 5) is 25.8. The molecule has 2 aliphatic heterocycles. The van der Waals surface area contributed by atoms with Gasteiger partial charge in [0.2, 0.25) is 6.29 Å². The number of hydrogen-bond acceptors (Lipinski definition) is 10. The van der Waals surface area contributed by atoms with Crippen LogP contribution in [0.25, 0.3) is 0 Å². The first-order valence-corrected chi connectivity index (χ1v) is 12.4. The van der Waals surface area contributed by atoms with E-state index in [1.165, 1.54) is 13.0 Å². The Morgan fingerprint density at radius 1 is 1.22 bits per heavy atom. The van der Waals surface area contributed by atoms with E-state index < -0.39 is 65.9 Å². The van der Waals surface area contributed by atoms with Gasteiger partial charge in [0.1, 0.15) is 35.4 Å². The predicted molar refractivity (Wildman–Crippen MR) is 125 cm³/mol. The van der Waals surface area contributed by atoms with Gasteiger partial charge in [0, 0.05) is 11.5 Å². The molecule has 2 bridgehead atoms. The van der Waals surface area contributed by atoms with Crippen molar-refractivity contribution < 1.29 is 49.3 Å². The number of hydrogen-bond donors (Lipinski definition) is 5. The normalized spacial score (nSPS) is 45.1. The van der Waals surface area contributed by atoms with Gasteiger partial charge in [-0.05, 0) is 59.0 Å². The van der Waals surface area contributed by atoms with Crippen molar-refractivity contribution >= 4 is 11.9 Å². The van der Waals surface area contributed by atoms with Gasteiger partial charge in [0.25, 0.3) is 0 Å². The predicted octanol–water partition coefficient (Wildman–Crippen LogP) is 0.405. The highest BCUT2D eigenvalue weighted by molar-refractivity contribution is 5.88. The van der Waals surface area contributed by atoms with Gasteiger partial charge < -0.3 is 39.7 Å². The summed E-state index contributed by atoms with van der Waals surface area (Å²) >= 11 is 0. The van der Waals surface area contributed by atoms with Crippen LogP contribution < -0.4 is 0 Å². The minimum absolute atomic E-state index is 0.128. The van der Waals surface area contributed by atoms with E-state index in [1.807, 2.05) is 13.0 Å². The Kier molecular flexibility index (Phi) is 7.24. The van der Waals surface area contributed by atoms with Gasteiger partial charge in [-0.15, -0.1) is 0 Å². The van der Waals surface area contributed by atoms with Crippen molar-refractivity contribution in [1.82, 2.24) is 0 Å². The zero-order valence-corrected chi connectivity index (χ0v) is 20.8. The second-order valence-corrected chi connectivity index (χ2v) is 10.7. The van der Waals surface area contributed by atoms with Crippen LogP contribution >= 0.6 is 0 Å². The highest BCUT2D eigenvalue weighted by atomic mass is 16.7. The van der Waals surface area contributed by atoms with Crippen LogP contribution in [0, 0.1) is 11.3 Å². The number of aliphatic hydroxyl groups is 5. The SMILES string of the molecule is CC1=CCC23CCC(C(C)(C=CC=C(C)C(=O)OC4OC(CO)C(O)C(O)C4O)OC2=O)C3(O)CC1. The maximum Gasteiger partial charge on any atom is 0.336 e. The first kappa shape index (κ1) is 27.0. The van der Waals surface area contributed by atoms with E-state index in [2.05, 4.69) is 0 Å². The molecule has 0 aromatic heterocycles. The second-order valence-electron chi connectivity index (χ2n) is 10.7. The van der Waals surface area contributed by atoms with Crippen molar-refractivity contribution in [1.29, 1.82) is 0 Å². The van der Waals surface area contributed by atoms with E-state index in [9.17, 15) is 35.1 Å². The average Bonchev–Trinajstić information content (AvgIpc) is 2.99. The number of aliphatic hydroxyl groups excluding tert-OH is 4. The molecule has 10 heteroatoms. The molecule has 0 aromatic carbocycles. The lowest BCUT2D eigenvalue weighted by molar-refractivity contribution is -0.291. The molecule has 10 nitrogen and oxygen atoms in total. The molecule has 0 spiro atoms. The molecule has 2 saturated heterocycles.